The molecule has 0 spiro atoms. The van der Waals surface area contributed by atoms with Crippen LogP contribution in [0.1, 0.15) is 18.1 Å². The SMILES string of the molecule is CC(=O)Nc1ccc(-c2nnc(SCC(=O)Nc3cc(C)ccc3C)o2)cc1. The molecule has 28 heavy (non-hydrogen) atoms. The Kier molecular flexibility index (Phi) is 6.10. The minimum absolute atomic E-state index is 0.136. The summed E-state index contributed by atoms with van der Waals surface area (Å²) in [6, 6.07) is 13.0. The highest BCUT2D eigenvalue weighted by molar-refractivity contribution is 7.99. The molecular weight excluding hydrogens is 376 g/mol. The number of thioether (sulfide) groups is 1. The first-order valence-electron chi connectivity index (χ1n) is 8.62. The second kappa shape index (κ2) is 8.71. The number of rotatable bonds is 6. The standard InChI is InChI=1S/C20H20N4O3S/c1-12-4-5-13(2)17(10-12)22-18(26)11-28-20-24-23-19(27-20)15-6-8-16(9-7-15)21-14(3)25/h4-10H,11H2,1-3H3,(H,21,25)(H,22,26). The number of hydrogen-bond acceptors (Lipinski definition) is 6. The Hall–Kier alpha value is -3.13. The number of nitrogens with one attached hydrogen (secondary N) is 2. The van der Waals surface area contributed by atoms with Gasteiger partial charge in [0.2, 0.25) is 17.7 Å². The summed E-state index contributed by atoms with van der Waals surface area (Å²) in [5.74, 6) is 0.240. The fraction of sp³-hybridized carbons (Fsp3) is 0.200. The topological polar surface area (TPSA) is 97.1 Å². The van der Waals surface area contributed by atoms with Gasteiger partial charge in [0, 0.05) is 23.9 Å². The second-order valence-electron chi connectivity index (χ2n) is 6.29. The Morgan fingerprint density at radius 1 is 1.04 bits per heavy atom. The van der Waals surface area contributed by atoms with Gasteiger partial charge in [-0.1, -0.05) is 23.9 Å². The number of amides is 2. The molecule has 0 unspecified atom stereocenters. The van der Waals surface area contributed by atoms with Crippen molar-refractivity contribution >= 4 is 35.0 Å². The summed E-state index contributed by atoms with van der Waals surface area (Å²) in [5.41, 5.74) is 4.31. The van der Waals surface area contributed by atoms with Crippen LogP contribution in [0, 0.1) is 13.8 Å². The number of anilines is 2. The van der Waals surface area contributed by atoms with Crippen molar-refractivity contribution in [2.75, 3.05) is 16.4 Å². The second-order valence-corrected chi connectivity index (χ2v) is 7.21. The lowest BCUT2D eigenvalue weighted by Crippen LogP contribution is -2.14. The maximum Gasteiger partial charge on any atom is 0.277 e. The van der Waals surface area contributed by atoms with Gasteiger partial charge in [-0.15, -0.1) is 10.2 Å². The smallest absolute Gasteiger partial charge is 0.277 e. The number of benzene rings is 2. The Morgan fingerprint density at radius 3 is 2.50 bits per heavy atom. The van der Waals surface area contributed by atoms with Crippen molar-refractivity contribution in [2.45, 2.75) is 26.0 Å². The van der Waals surface area contributed by atoms with Crippen molar-refractivity contribution in [3.05, 3.63) is 53.6 Å². The van der Waals surface area contributed by atoms with E-state index in [-0.39, 0.29) is 17.6 Å². The normalized spacial score (nSPS) is 10.5. The molecule has 7 nitrogen and oxygen atoms in total. The van der Waals surface area contributed by atoms with E-state index in [1.165, 1.54) is 18.7 Å². The molecule has 0 aliphatic carbocycles. The summed E-state index contributed by atoms with van der Waals surface area (Å²) >= 11 is 1.18. The fourth-order valence-electron chi connectivity index (χ4n) is 2.47. The molecule has 3 rings (SSSR count). The van der Waals surface area contributed by atoms with Crippen LogP contribution in [0.3, 0.4) is 0 Å². The molecule has 0 radical (unpaired) electrons. The number of carbonyl (C=O) groups is 2. The minimum Gasteiger partial charge on any atom is -0.411 e. The van der Waals surface area contributed by atoms with Gasteiger partial charge in [-0.05, 0) is 55.3 Å². The summed E-state index contributed by atoms with van der Waals surface area (Å²) in [6.07, 6.45) is 0. The van der Waals surface area contributed by atoms with Crippen molar-refractivity contribution in [2.24, 2.45) is 0 Å². The van der Waals surface area contributed by atoms with Crippen LogP contribution in [0.2, 0.25) is 0 Å². The van der Waals surface area contributed by atoms with E-state index in [0.29, 0.717) is 16.8 Å². The van der Waals surface area contributed by atoms with Crippen molar-refractivity contribution in [3.8, 4) is 11.5 Å². The summed E-state index contributed by atoms with van der Waals surface area (Å²) < 4.78 is 5.61. The van der Waals surface area contributed by atoms with Crippen molar-refractivity contribution in [1.82, 2.24) is 10.2 Å². The zero-order valence-corrected chi connectivity index (χ0v) is 16.6. The van der Waals surface area contributed by atoms with Gasteiger partial charge < -0.3 is 15.1 Å². The highest BCUT2D eigenvalue weighted by atomic mass is 32.2. The van der Waals surface area contributed by atoms with Crippen LogP contribution in [-0.4, -0.2) is 27.8 Å². The Labute approximate surface area is 166 Å². The lowest BCUT2D eigenvalue weighted by molar-refractivity contribution is -0.114. The van der Waals surface area contributed by atoms with E-state index in [0.717, 1.165) is 22.4 Å². The van der Waals surface area contributed by atoms with E-state index in [4.69, 9.17) is 4.42 Å². The lowest BCUT2D eigenvalue weighted by atomic mass is 10.1. The molecule has 8 heteroatoms. The van der Waals surface area contributed by atoms with Crippen molar-refractivity contribution < 1.29 is 14.0 Å². The first kappa shape index (κ1) is 19.6. The van der Waals surface area contributed by atoms with Crippen LogP contribution in [-0.2, 0) is 9.59 Å². The Morgan fingerprint density at radius 2 is 1.79 bits per heavy atom. The minimum atomic E-state index is -0.141. The molecule has 0 bridgehead atoms. The molecule has 144 valence electrons. The van der Waals surface area contributed by atoms with Gasteiger partial charge in [-0.3, -0.25) is 9.59 Å². The molecule has 2 aromatic carbocycles. The monoisotopic (exact) mass is 396 g/mol. The summed E-state index contributed by atoms with van der Waals surface area (Å²) in [5, 5.41) is 13.9. The number of hydrogen-bond donors (Lipinski definition) is 2. The molecule has 0 aliphatic heterocycles. The van der Waals surface area contributed by atoms with E-state index in [2.05, 4.69) is 20.8 Å². The largest absolute Gasteiger partial charge is 0.411 e. The van der Waals surface area contributed by atoms with Gasteiger partial charge in [-0.2, -0.15) is 0 Å². The molecule has 0 aliphatic rings. The molecule has 0 saturated carbocycles. The summed E-state index contributed by atoms with van der Waals surface area (Å²) in [6.45, 7) is 5.38. The van der Waals surface area contributed by atoms with Crippen LogP contribution in [0.5, 0.6) is 0 Å². The van der Waals surface area contributed by atoms with E-state index in [1.807, 2.05) is 32.0 Å². The third-order valence-corrected chi connectivity index (χ3v) is 4.67. The van der Waals surface area contributed by atoms with Gasteiger partial charge in [0.1, 0.15) is 0 Å². The number of aromatic nitrogens is 2. The zero-order chi connectivity index (χ0) is 20.1. The molecule has 1 heterocycles. The van der Waals surface area contributed by atoms with Crippen LogP contribution >= 0.6 is 11.8 Å². The molecular formula is C20H20N4O3S. The summed E-state index contributed by atoms with van der Waals surface area (Å²) in [7, 11) is 0. The number of carbonyl (C=O) groups excluding carboxylic acids is 2. The molecule has 3 aromatic rings. The molecule has 2 N–H and O–H groups in total. The average molecular weight is 396 g/mol. The average Bonchev–Trinajstić information content (AvgIpc) is 3.12. The molecule has 2 amide bonds. The zero-order valence-electron chi connectivity index (χ0n) is 15.8. The Bertz CT molecular complexity index is 999. The van der Waals surface area contributed by atoms with Gasteiger partial charge in [-0.25, -0.2) is 0 Å². The third kappa shape index (κ3) is 5.20. The van der Waals surface area contributed by atoms with Crippen molar-refractivity contribution in [3.63, 3.8) is 0 Å². The molecule has 0 fully saturated rings. The fourth-order valence-corrected chi connectivity index (χ4v) is 3.03. The number of aryl methyl sites for hydroxylation is 2. The molecule has 0 atom stereocenters. The highest BCUT2D eigenvalue weighted by Crippen LogP contribution is 2.25. The highest BCUT2D eigenvalue weighted by Gasteiger charge is 2.12. The van der Waals surface area contributed by atoms with E-state index >= 15 is 0 Å². The molecule has 0 saturated heterocycles. The van der Waals surface area contributed by atoms with Gasteiger partial charge in [0.25, 0.3) is 5.22 Å². The lowest BCUT2D eigenvalue weighted by Gasteiger charge is -2.08. The van der Waals surface area contributed by atoms with Gasteiger partial charge in [0.05, 0.1) is 5.75 Å². The maximum atomic E-state index is 12.2. The quantitative estimate of drug-likeness (QED) is 0.610. The van der Waals surface area contributed by atoms with Crippen LogP contribution in [0.25, 0.3) is 11.5 Å². The van der Waals surface area contributed by atoms with Crippen LogP contribution in [0.4, 0.5) is 11.4 Å². The van der Waals surface area contributed by atoms with E-state index < -0.39 is 0 Å². The van der Waals surface area contributed by atoms with Crippen LogP contribution in [0.15, 0.2) is 52.1 Å². The summed E-state index contributed by atoms with van der Waals surface area (Å²) in [4.78, 5) is 23.3. The predicted molar refractivity (Wildman–Crippen MR) is 109 cm³/mol. The van der Waals surface area contributed by atoms with E-state index in [9.17, 15) is 9.59 Å². The third-order valence-electron chi connectivity index (χ3n) is 3.85. The Balaban J connectivity index is 1.58. The number of nitrogens with zero attached hydrogens (tertiary/aromatic N) is 2. The van der Waals surface area contributed by atoms with Crippen molar-refractivity contribution in [1.29, 1.82) is 0 Å². The predicted octanol–water partition coefficient (Wildman–Crippen LogP) is 4.04. The van der Waals surface area contributed by atoms with Gasteiger partial charge >= 0.3 is 0 Å². The molecule has 1 aromatic heterocycles. The first-order valence-corrected chi connectivity index (χ1v) is 9.61. The van der Waals surface area contributed by atoms with Gasteiger partial charge in [0.15, 0.2) is 0 Å². The van der Waals surface area contributed by atoms with Crippen LogP contribution < -0.4 is 10.6 Å². The van der Waals surface area contributed by atoms with E-state index in [1.54, 1.807) is 24.3 Å². The first-order chi connectivity index (χ1) is 13.4. The maximum absolute atomic E-state index is 12.2.